The molecular formula is C55H33N3OS. The molecule has 0 unspecified atom stereocenters. The van der Waals surface area contributed by atoms with E-state index in [1.54, 1.807) is 11.3 Å². The Morgan fingerprint density at radius 1 is 0.383 bits per heavy atom. The first-order valence-electron chi connectivity index (χ1n) is 20.1. The van der Waals surface area contributed by atoms with Crippen molar-refractivity contribution in [1.29, 1.82) is 0 Å². The van der Waals surface area contributed by atoms with E-state index < -0.39 is 0 Å². The van der Waals surface area contributed by atoms with Crippen molar-refractivity contribution in [2.75, 3.05) is 0 Å². The van der Waals surface area contributed by atoms with Gasteiger partial charge in [0.2, 0.25) is 0 Å². The number of pyridine rings is 1. The van der Waals surface area contributed by atoms with Gasteiger partial charge in [-0.15, -0.1) is 11.3 Å². The number of para-hydroxylation sites is 2. The zero-order valence-electron chi connectivity index (χ0n) is 32.2. The zero-order valence-corrected chi connectivity index (χ0v) is 33.0. The lowest BCUT2D eigenvalue weighted by atomic mass is 9.96. The molecule has 60 heavy (non-hydrogen) atoms. The number of rotatable bonds is 6. The van der Waals surface area contributed by atoms with E-state index in [0.717, 1.165) is 94.4 Å². The lowest BCUT2D eigenvalue weighted by Gasteiger charge is -2.12. The summed E-state index contributed by atoms with van der Waals surface area (Å²) in [5.74, 6) is 0.672. The fraction of sp³-hybridized carbons (Fsp3) is 0. The van der Waals surface area contributed by atoms with Gasteiger partial charge in [-0.25, -0.2) is 15.0 Å². The van der Waals surface area contributed by atoms with Gasteiger partial charge in [0, 0.05) is 59.4 Å². The molecule has 0 aliphatic rings. The van der Waals surface area contributed by atoms with Crippen LogP contribution in [0.15, 0.2) is 205 Å². The summed E-state index contributed by atoms with van der Waals surface area (Å²) in [5, 5.41) is 5.86. The summed E-state index contributed by atoms with van der Waals surface area (Å²) in [7, 11) is 0. The lowest BCUT2D eigenvalue weighted by molar-refractivity contribution is 0.670. The summed E-state index contributed by atoms with van der Waals surface area (Å²) < 4.78 is 8.84. The molecule has 0 aliphatic heterocycles. The normalized spacial score (nSPS) is 11.7. The van der Waals surface area contributed by atoms with Crippen LogP contribution in [0.1, 0.15) is 0 Å². The van der Waals surface area contributed by atoms with Gasteiger partial charge >= 0.3 is 0 Å². The molecule has 0 bridgehead atoms. The largest absolute Gasteiger partial charge is 0.455 e. The highest BCUT2D eigenvalue weighted by Crippen LogP contribution is 2.44. The topological polar surface area (TPSA) is 51.8 Å². The van der Waals surface area contributed by atoms with Crippen LogP contribution >= 0.6 is 11.3 Å². The van der Waals surface area contributed by atoms with Crippen molar-refractivity contribution < 1.29 is 4.42 Å². The van der Waals surface area contributed by atoms with Crippen molar-refractivity contribution in [3.63, 3.8) is 0 Å². The van der Waals surface area contributed by atoms with Crippen molar-refractivity contribution in [2.24, 2.45) is 0 Å². The number of fused-ring (bicyclic) bond motifs is 8. The fourth-order valence-electron chi connectivity index (χ4n) is 8.60. The Morgan fingerprint density at radius 3 is 1.78 bits per heavy atom. The molecule has 0 fully saturated rings. The minimum absolute atomic E-state index is 0.672. The minimum Gasteiger partial charge on any atom is -0.455 e. The number of hydrogen-bond donors (Lipinski definition) is 0. The van der Waals surface area contributed by atoms with Crippen LogP contribution < -0.4 is 0 Å². The van der Waals surface area contributed by atoms with Gasteiger partial charge in [-0.1, -0.05) is 164 Å². The highest BCUT2D eigenvalue weighted by Gasteiger charge is 2.19. The van der Waals surface area contributed by atoms with Crippen molar-refractivity contribution in [2.45, 2.75) is 0 Å². The van der Waals surface area contributed by atoms with Crippen LogP contribution in [0.3, 0.4) is 0 Å². The lowest BCUT2D eigenvalue weighted by Crippen LogP contribution is -1.96. The Kier molecular flexibility index (Phi) is 8.00. The van der Waals surface area contributed by atoms with Crippen LogP contribution in [0, 0.1) is 0 Å². The predicted octanol–water partition coefficient (Wildman–Crippen LogP) is 15.3. The van der Waals surface area contributed by atoms with Crippen LogP contribution in [0.5, 0.6) is 0 Å². The molecular weight excluding hydrogens is 751 g/mol. The van der Waals surface area contributed by atoms with Crippen molar-refractivity contribution in [3.8, 4) is 67.4 Å². The quantitative estimate of drug-likeness (QED) is 0.169. The van der Waals surface area contributed by atoms with Crippen molar-refractivity contribution in [3.05, 3.63) is 200 Å². The Bertz CT molecular complexity index is 3550. The van der Waals surface area contributed by atoms with E-state index in [2.05, 4.69) is 152 Å². The van der Waals surface area contributed by atoms with E-state index in [1.807, 2.05) is 48.5 Å². The van der Waals surface area contributed by atoms with Crippen LogP contribution in [0.25, 0.3) is 120 Å². The van der Waals surface area contributed by atoms with Crippen LogP contribution in [-0.4, -0.2) is 15.0 Å². The molecule has 0 spiro atoms. The Hall–Kier alpha value is -7.73. The molecule has 0 saturated heterocycles. The van der Waals surface area contributed by atoms with Crippen LogP contribution in [-0.2, 0) is 0 Å². The van der Waals surface area contributed by atoms with Crippen molar-refractivity contribution >= 4 is 64.4 Å². The first-order valence-corrected chi connectivity index (χ1v) is 20.9. The number of thiophene rings is 1. The summed E-state index contributed by atoms with van der Waals surface area (Å²) >= 11 is 1.80. The number of aromatic nitrogens is 3. The third-order valence-electron chi connectivity index (χ3n) is 11.5. The maximum absolute atomic E-state index is 6.44. The second-order valence-electron chi connectivity index (χ2n) is 15.1. The highest BCUT2D eigenvalue weighted by atomic mass is 32.1. The van der Waals surface area contributed by atoms with Gasteiger partial charge in [0.1, 0.15) is 11.2 Å². The molecule has 280 valence electrons. The molecule has 0 N–H and O–H groups in total. The molecule has 5 heteroatoms. The van der Waals surface area contributed by atoms with E-state index in [0.29, 0.717) is 5.82 Å². The SMILES string of the molecule is c1ccc(-c2cc(-c3ccccc3)nc(-c3cccc(-c4nc5cc(-c6cccc(-c7cccc8c7oc7ccccc78)c6)ccc5c5c4sc4ccccc45)c3)n2)cc1. The summed E-state index contributed by atoms with van der Waals surface area (Å²) in [4.78, 5) is 15.8. The van der Waals surface area contributed by atoms with Gasteiger partial charge in [-0.3, -0.25) is 0 Å². The molecule has 0 radical (unpaired) electrons. The average Bonchev–Trinajstić information content (AvgIpc) is 3.91. The molecule has 4 heterocycles. The van der Waals surface area contributed by atoms with E-state index in [9.17, 15) is 0 Å². The van der Waals surface area contributed by atoms with E-state index in [1.165, 1.54) is 20.2 Å². The van der Waals surface area contributed by atoms with E-state index in [4.69, 9.17) is 19.4 Å². The first kappa shape index (κ1) is 34.3. The molecule has 12 aromatic rings. The molecule has 0 saturated carbocycles. The monoisotopic (exact) mass is 783 g/mol. The molecule has 12 rings (SSSR count). The average molecular weight is 784 g/mol. The first-order chi connectivity index (χ1) is 29.7. The number of hydrogen-bond acceptors (Lipinski definition) is 5. The van der Waals surface area contributed by atoms with Gasteiger partial charge in [-0.05, 0) is 53.1 Å². The molecule has 0 atom stereocenters. The molecule has 4 nitrogen and oxygen atoms in total. The second kappa shape index (κ2) is 14.0. The molecule has 0 aliphatic carbocycles. The summed E-state index contributed by atoms with van der Waals surface area (Å²) in [6.45, 7) is 0. The summed E-state index contributed by atoms with van der Waals surface area (Å²) in [5.41, 5.74) is 13.9. The van der Waals surface area contributed by atoms with Gasteiger partial charge in [0.05, 0.1) is 27.3 Å². The van der Waals surface area contributed by atoms with Crippen molar-refractivity contribution in [1.82, 2.24) is 15.0 Å². The second-order valence-corrected chi connectivity index (χ2v) is 16.2. The maximum atomic E-state index is 6.44. The Morgan fingerprint density at radius 2 is 0.983 bits per heavy atom. The van der Waals surface area contributed by atoms with Gasteiger partial charge in [0.25, 0.3) is 0 Å². The highest BCUT2D eigenvalue weighted by molar-refractivity contribution is 7.26. The third kappa shape index (κ3) is 5.78. The number of nitrogens with zero attached hydrogens (tertiary/aromatic N) is 3. The van der Waals surface area contributed by atoms with Crippen LogP contribution in [0.4, 0.5) is 0 Å². The molecule has 0 amide bonds. The molecule has 8 aromatic carbocycles. The fourth-order valence-corrected chi connectivity index (χ4v) is 9.83. The van der Waals surface area contributed by atoms with E-state index in [-0.39, 0.29) is 0 Å². The van der Waals surface area contributed by atoms with Gasteiger partial charge < -0.3 is 4.42 Å². The number of furan rings is 1. The summed E-state index contributed by atoms with van der Waals surface area (Å²) in [6, 6.07) is 70.1. The standard InChI is InChI=1S/C55H33N3OS/c1-3-14-34(15-4-1)46-33-47(35-16-5-2-6-17-35)58-55(57-46)40-21-12-20-39(31-40)52-54-51(45-23-8-10-27-50(45)60-54)44-29-28-37(32-48(44)56-52)36-18-11-19-38(30-36)41-24-13-25-43-42-22-7-9-26-49(42)59-53(41)43/h1-33H. The predicted molar refractivity (Wildman–Crippen MR) is 250 cm³/mol. The smallest absolute Gasteiger partial charge is 0.160 e. The third-order valence-corrected chi connectivity index (χ3v) is 12.7. The van der Waals surface area contributed by atoms with Gasteiger partial charge in [0.15, 0.2) is 5.82 Å². The summed E-state index contributed by atoms with van der Waals surface area (Å²) in [6.07, 6.45) is 0. The van der Waals surface area contributed by atoms with Gasteiger partial charge in [-0.2, -0.15) is 0 Å². The Balaban J connectivity index is 1.01. The zero-order chi connectivity index (χ0) is 39.6. The number of benzene rings is 8. The van der Waals surface area contributed by atoms with E-state index >= 15 is 0 Å². The molecule has 4 aromatic heterocycles. The Labute approximate surface area is 349 Å². The maximum Gasteiger partial charge on any atom is 0.160 e. The van der Waals surface area contributed by atoms with Crippen LogP contribution in [0.2, 0.25) is 0 Å². The minimum atomic E-state index is 0.672.